The fourth-order valence-corrected chi connectivity index (χ4v) is 1.33. The molecule has 104 valence electrons. The number of carbonyl (C=O) groups is 1. The molecule has 0 aliphatic rings. The lowest BCUT2D eigenvalue weighted by atomic mass is 10.1. The minimum atomic E-state index is -0.983. The molecule has 4 nitrogen and oxygen atoms in total. The Labute approximate surface area is 117 Å². The molecule has 0 aromatic heterocycles. The number of aliphatic carboxylic acids is 1. The molecule has 0 saturated heterocycles. The van der Waals surface area contributed by atoms with E-state index in [2.05, 4.69) is 0 Å². The number of phenolic OH excluding ortho intramolecular Hbond substituents is 2. The second-order valence-electron chi connectivity index (χ2n) is 4.03. The minimum Gasteiger partial charge on any atom is -0.508 e. The highest BCUT2D eigenvalue weighted by molar-refractivity contribution is 5.91. The molecule has 4 heteroatoms. The van der Waals surface area contributed by atoms with Crippen LogP contribution in [0.3, 0.4) is 0 Å². The van der Waals surface area contributed by atoms with Gasteiger partial charge in [-0.25, -0.2) is 4.79 Å². The van der Waals surface area contributed by atoms with Crippen molar-refractivity contribution in [3.8, 4) is 11.5 Å². The first-order chi connectivity index (χ1) is 9.50. The van der Waals surface area contributed by atoms with E-state index in [-0.39, 0.29) is 11.3 Å². The summed E-state index contributed by atoms with van der Waals surface area (Å²) in [6, 6.07) is 15.3. The van der Waals surface area contributed by atoms with Crippen LogP contribution >= 0.6 is 0 Å². The molecule has 0 radical (unpaired) electrons. The van der Waals surface area contributed by atoms with Crippen LogP contribution in [0.1, 0.15) is 12.5 Å². The number of phenols is 2. The monoisotopic (exact) mass is 272 g/mol. The van der Waals surface area contributed by atoms with Crippen molar-refractivity contribution in [2.24, 2.45) is 0 Å². The van der Waals surface area contributed by atoms with Crippen molar-refractivity contribution in [2.75, 3.05) is 0 Å². The van der Waals surface area contributed by atoms with Crippen LogP contribution in [-0.4, -0.2) is 21.3 Å². The maximum Gasteiger partial charge on any atom is 0.331 e. The molecule has 0 aliphatic carbocycles. The lowest BCUT2D eigenvalue weighted by Gasteiger charge is -1.98. The van der Waals surface area contributed by atoms with E-state index < -0.39 is 5.97 Å². The van der Waals surface area contributed by atoms with Crippen molar-refractivity contribution >= 4 is 12.0 Å². The van der Waals surface area contributed by atoms with Crippen molar-refractivity contribution in [2.45, 2.75) is 6.92 Å². The highest BCUT2D eigenvalue weighted by atomic mass is 16.4. The van der Waals surface area contributed by atoms with Gasteiger partial charge in [0.15, 0.2) is 0 Å². The Hall–Kier alpha value is -2.75. The summed E-state index contributed by atoms with van der Waals surface area (Å²) < 4.78 is 0. The lowest BCUT2D eigenvalue weighted by Crippen LogP contribution is -1.95. The van der Waals surface area contributed by atoms with Crippen molar-refractivity contribution in [3.05, 3.63) is 65.7 Å². The molecule has 0 spiro atoms. The standard InChI is InChI=1S/C10H10O3.C6H6O/c1-7(10(12)13)6-8-4-2-3-5-9(8)11;7-6-4-2-1-3-5-6/h2-6,11H,1H3,(H,12,13);1-5,7H. The third-order valence-electron chi connectivity index (χ3n) is 2.40. The first-order valence-electron chi connectivity index (χ1n) is 5.94. The average molecular weight is 272 g/mol. The SMILES string of the molecule is CC(=Cc1ccccc1O)C(=O)O.Oc1ccccc1. The molecule has 0 aliphatic heterocycles. The van der Waals surface area contributed by atoms with E-state index in [1.54, 1.807) is 42.5 Å². The van der Waals surface area contributed by atoms with Crippen molar-refractivity contribution < 1.29 is 20.1 Å². The molecule has 0 amide bonds. The first-order valence-corrected chi connectivity index (χ1v) is 5.94. The summed E-state index contributed by atoms with van der Waals surface area (Å²) in [5.74, 6) is -0.575. The van der Waals surface area contributed by atoms with Crippen molar-refractivity contribution in [3.63, 3.8) is 0 Å². The number of carboxylic acid groups (broad SMARTS) is 1. The van der Waals surface area contributed by atoms with Gasteiger partial charge in [-0.3, -0.25) is 0 Å². The number of aromatic hydroxyl groups is 2. The zero-order chi connectivity index (χ0) is 15.0. The molecule has 0 fully saturated rings. The number of hydrogen-bond donors (Lipinski definition) is 3. The molecule has 0 saturated carbocycles. The van der Waals surface area contributed by atoms with Gasteiger partial charge in [0.2, 0.25) is 0 Å². The molecule has 2 rings (SSSR count). The van der Waals surface area contributed by atoms with E-state index in [1.165, 1.54) is 19.1 Å². The molecule has 3 N–H and O–H groups in total. The minimum absolute atomic E-state index is 0.0862. The van der Waals surface area contributed by atoms with Crippen LogP contribution in [0.2, 0.25) is 0 Å². The summed E-state index contributed by atoms with van der Waals surface area (Å²) in [6.07, 6.45) is 1.43. The van der Waals surface area contributed by atoms with Gasteiger partial charge in [0.05, 0.1) is 0 Å². The van der Waals surface area contributed by atoms with Crippen molar-refractivity contribution in [1.29, 1.82) is 0 Å². The average Bonchev–Trinajstić information content (AvgIpc) is 2.43. The smallest absolute Gasteiger partial charge is 0.331 e. The van der Waals surface area contributed by atoms with Gasteiger partial charge in [-0.15, -0.1) is 0 Å². The molecule has 0 heterocycles. The van der Waals surface area contributed by atoms with E-state index in [0.717, 1.165) is 0 Å². The summed E-state index contributed by atoms with van der Waals surface area (Å²) in [5, 5.41) is 26.5. The highest BCUT2D eigenvalue weighted by Crippen LogP contribution is 2.18. The molecule has 0 unspecified atom stereocenters. The Morgan fingerprint density at radius 2 is 1.50 bits per heavy atom. The van der Waals surface area contributed by atoms with Crippen LogP contribution in [0.15, 0.2) is 60.2 Å². The Balaban J connectivity index is 0.000000240. The Morgan fingerprint density at radius 3 is 1.95 bits per heavy atom. The third kappa shape index (κ3) is 5.27. The number of benzene rings is 2. The predicted octanol–water partition coefficient (Wildman–Crippen LogP) is 3.27. The summed E-state index contributed by atoms with van der Waals surface area (Å²) in [4.78, 5) is 10.5. The van der Waals surface area contributed by atoms with E-state index in [9.17, 15) is 9.90 Å². The van der Waals surface area contributed by atoms with Gasteiger partial charge >= 0.3 is 5.97 Å². The Morgan fingerprint density at radius 1 is 0.950 bits per heavy atom. The van der Waals surface area contributed by atoms with Crippen LogP contribution < -0.4 is 0 Å². The first kappa shape index (κ1) is 15.3. The maximum absolute atomic E-state index is 10.5. The fourth-order valence-electron chi connectivity index (χ4n) is 1.33. The van der Waals surface area contributed by atoms with Crippen molar-refractivity contribution in [1.82, 2.24) is 0 Å². The lowest BCUT2D eigenvalue weighted by molar-refractivity contribution is -0.132. The van der Waals surface area contributed by atoms with Crippen LogP contribution in [0, 0.1) is 0 Å². The zero-order valence-electron chi connectivity index (χ0n) is 11.0. The summed E-state index contributed by atoms with van der Waals surface area (Å²) in [7, 11) is 0. The largest absolute Gasteiger partial charge is 0.508 e. The summed E-state index contributed by atoms with van der Waals surface area (Å²) in [6.45, 7) is 1.48. The Kier molecular flexibility index (Phi) is 5.84. The third-order valence-corrected chi connectivity index (χ3v) is 2.40. The topological polar surface area (TPSA) is 77.8 Å². The van der Waals surface area contributed by atoms with Gasteiger partial charge in [0.1, 0.15) is 11.5 Å². The van der Waals surface area contributed by atoms with Gasteiger partial charge in [-0.1, -0.05) is 36.4 Å². The second kappa shape index (κ2) is 7.63. The molecule has 0 atom stereocenters. The quantitative estimate of drug-likeness (QED) is 0.733. The van der Waals surface area contributed by atoms with Gasteiger partial charge in [-0.05, 0) is 31.2 Å². The van der Waals surface area contributed by atoms with Gasteiger partial charge in [0, 0.05) is 11.1 Å². The number of hydrogen-bond acceptors (Lipinski definition) is 3. The van der Waals surface area contributed by atoms with Crippen LogP contribution in [0.4, 0.5) is 0 Å². The molecule has 2 aromatic carbocycles. The Bertz CT molecular complexity index is 588. The fraction of sp³-hybridized carbons (Fsp3) is 0.0625. The predicted molar refractivity (Wildman–Crippen MR) is 77.5 cm³/mol. The second-order valence-corrected chi connectivity index (χ2v) is 4.03. The van der Waals surface area contributed by atoms with Crippen LogP contribution in [0.25, 0.3) is 6.08 Å². The number of para-hydroxylation sites is 2. The van der Waals surface area contributed by atoms with Crippen LogP contribution in [-0.2, 0) is 4.79 Å². The van der Waals surface area contributed by atoms with Crippen LogP contribution in [0.5, 0.6) is 11.5 Å². The normalized spacial score (nSPS) is 10.3. The van der Waals surface area contributed by atoms with E-state index in [0.29, 0.717) is 11.3 Å². The molecule has 2 aromatic rings. The van der Waals surface area contributed by atoms with Gasteiger partial charge in [0.25, 0.3) is 0 Å². The zero-order valence-corrected chi connectivity index (χ0v) is 11.0. The van der Waals surface area contributed by atoms with E-state index in [1.807, 2.05) is 6.07 Å². The van der Waals surface area contributed by atoms with Gasteiger partial charge in [-0.2, -0.15) is 0 Å². The van der Waals surface area contributed by atoms with Gasteiger partial charge < -0.3 is 15.3 Å². The summed E-state index contributed by atoms with van der Waals surface area (Å²) in [5.41, 5.74) is 0.712. The molecular weight excluding hydrogens is 256 g/mol. The number of rotatable bonds is 2. The molecule has 20 heavy (non-hydrogen) atoms. The maximum atomic E-state index is 10.5. The van der Waals surface area contributed by atoms with E-state index in [4.69, 9.17) is 10.2 Å². The summed E-state index contributed by atoms with van der Waals surface area (Å²) >= 11 is 0. The van der Waals surface area contributed by atoms with E-state index >= 15 is 0 Å². The molecule has 0 bridgehead atoms. The molecular formula is C16H16O4. The highest BCUT2D eigenvalue weighted by Gasteiger charge is 2.01. The number of carboxylic acids is 1.